The molecule has 6 nitrogen and oxygen atoms in total. The minimum atomic E-state index is -0.244. The highest BCUT2D eigenvalue weighted by atomic mass is 16.5. The SMILES string of the molecule is Cc1ccc(O[C@H]2CCOC[C@H]2NC(=O)c2coc3ccccc23)cn1. The zero-order valence-corrected chi connectivity index (χ0v) is 14.5. The monoisotopic (exact) mass is 352 g/mol. The minimum Gasteiger partial charge on any atom is -0.486 e. The summed E-state index contributed by atoms with van der Waals surface area (Å²) in [6.07, 6.45) is 3.72. The van der Waals surface area contributed by atoms with Crippen LogP contribution in [0.4, 0.5) is 0 Å². The molecule has 1 aliphatic rings. The molecule has 4 rings (SSSR count). The van der Waals surface area contributed by atoms with E-state index in [-0.39, 0.29) is 18.1 Å². The van der Waals surface area contributed by atoms with Gasteiger partial charge in [-0.05, 0) is 25.1 Å². The number of pyridine rings is 1. The minimum absolute atomic E-state index is 0.171. The second-order valence-electron chi connectivity index (χ2n) is 6.38. The van der Waals surface area contributed by atoms with E-state index in [0.29, 0.717) is 36.5 Å². The zero-order valence-electron chi connectivity index (χ0n) is 14.5. The molecule has 1 fully saturated rings. The number of carbonyl (C=O) groups excluding carboxylic acids is 1. The molecule has 0 spiro atoms. The van der Waals surface area contributed by atoms with Crippen LogP contribution in [0.25, 0.3) is 11.0 Å². The van der Waals surface area contributed by atoms with E-state index in [1.807, 2.05) is 43.3 Å². The number of hydrogen-bond donors (Lipinski definition) is 1. The van der Waals surface area contributed by atoms with Gasteiger partial charge in [-0.1, -0.05) is 18.2 Å². The van der Waals surface area contributed by atoms with Gasteiger partial charge in [0.25, 0.3) is 5.91 Å². The van der Waals surface area contributed by atoms with Crippen LogP contribution in [0.5, 0.6) is 5.75 Å². The summed E-state index contributed by atoms with van der Waals surface area (Å²) in [6.45, 7) is 2.94. The van der Waals surface area contributed by atoms with Crippen molar-refractivity contribution in [3.05, 3.63) is 60.1 Å². The molecule has 1 aliphatic heterocycles. The lowest BCUT2D eigenvalue weighted by Crippen LogP contribution is -2.51. The van der Waals surface area contributed by atoms with Crippen LogP contribution in [-0.2, 0) is 4.74 Å². The van der Waals surface area contributed by atoms with E-state index in [2.05, 4.69) is 10.3 Å². The molecule has 0 radical (unpaired) electrons. The van der Waals surface area contributed by atoms with Gasteiger partial charge in [-0.15, -0.1) is 0 Å². The van der Waals surface area contributed by atoms with Crippen LogP contribution in [0.1, 0.15) is 22.5 Å². The van der Waals surface area contributed by atoms with Crippen molar-refractivity contribution in [3.63, 3.8) is 0 Å². The van der Waals surface area contributed by atoms with Crippen LogP contribution in [-0.4, -0.2) is 36.3 Å². The molecule has 1 amide bonds. The van der Waals surface area contributed by atoms with E-state index in [1.54, 1.807) is 6.20 Å². The number of amides is 1. The van der Waals surface area contributed by atoms with Gasteiger partial charge in [0.2, 0.25) is 0 Å². The Labute approximate surface area is 151 Å². The average molecular weight is 352 g/mol. The van der Waals surface area contributed by atoms with Crippen molar-refractivity contribution in [2.24, 2.45) is 0 Å². The first-order valence-corrected chi connectivity index (χ1v) is 8.65. The molecule has 0 unspecified atom stereocenters. The molecular formula is C20H20N2O4. The number of fused-ring (bicyclic) bond motifs is 1. The largest absolute Gasteiger partial charge is 0.486 e. The molecule has 1 aromatic carbocycles. The van der Waals surface area contributed by atoms with E-state index in [4.69, 9.17) is 13.9 Å². The van der Waals surface area contributed by atoms with Gasteiger partial charge in [-0.2, -0.15) is 0 Å². The topological polar surface area (TPSA) is 73.6 Å². The first-order chi connectivity index (χ1) is 12.7. The Kier molecular flexibility index (Phi) is 4.58. The van der Waals surface area contributed by atoms with Crippen molar-refractivity contribution in [2.45, 2.75) is 25.5 Å². The number of carbonyl (C=O) groups is 1. The highest BCUT2D eigenvalue weighted by Crippen LogP contribution is 2.22. The van der Waals surface area contributed by atoms with Crippen LogP contribution in [0.2, 0.25) is 0 Å². The van der Waals surface area contributed by atoms with Crippen LogP contribution in [0.15, 0.2) is 53.3 Å². The van der Waals surface area contributed by atoms with E-state index in [0.717, 1.165) is 11.1 Å². The van der Waals surface area contributed by atoms with Crippen molar-refractivity contribution < 1.29 is 18.7 Å². The molecule has 1 N–H and O–H groups in total. The van der Waals surface area contributed by atoms with E-state index in [1.165, 1.54) is 6.26 Å². The number of aromatic nitrogens is 1. The molecule has 0 bridgehead atoms. The molecule has 3 aromatic rings. The maximum absolute atomic E-state index is 12.7. The van der Waals surface area contributed by atoms with Gasteiger partial charge in [0.15, 0.2) is 0 Å². The van der Waals surface area contributed by atoms with Crippen molar-refractivity contribution >= 4 is 16.9 Å². The van der Waals surface area contributed by atoms with Gasteiger partial charge in [0.05, 0.1) is 31.0 Å². The molecular weight excluding hydrogens is 332 g/mol. The number of nitrogens with one attached hydrogen (secondary N) is 1. The lowest BCUT2D eigenvalue weighted by atomic mass is 10.1. The molecule has 134 valence electrons. The Balaban J connectivity index is 1.49. The van der Waals surface area contributed by atoms with Gasteiger partial charge >= 0.3 is 0 Å². The second kappa shape index (κ2) is 7.17. The van der Waals surface area contributed by atoms with Gasteiger partial charge in [-0.25, -0.2) is 0 Å². The van der Waals surface area contributed by atoms with Gasteiger partial charge in [0, 0.05) is 17.5 Å². The van der Waals surface area contributed by atoms with Gasteiger partial charge in [-0.3, -0.25) is 9.78 Å². The van der Waals surface area contributed by atoms with Crippen molar-refractivity contribution in [2.75, 3.05) is 13.2 Å². The Morgan fingerprint density at radius 1 is 1.27 bits per heavy atom. The Bertz CT molecular complexity index is 904. The Hall–Kier alpha value is -2.86. The van der Waals surface area contributed by atoms with Crippen LogP contribution >= 0.6 is 0 Å². The maximum atomic E-state index is 12.7. The number of furan rings is 1. The molecule has 1 saturated heterocycles. The summed E-state index contributed by atoms with van der Waals surface area (Å²) >= 11 is 0. The number of hydrogen-bond acceptors (Lipinski definition) is 5. The summed E-state index contributed by atoms with van der Waals surface area (Å²) in [7, 11) is 0. The summed E-state index contributed by atoms with van der Waals surface area (Å²) in [4.78, 5) is 17.0. The van der Waals surface area contributed by atoms with Gasteiger partial charge in [0.1, 0.15) is 23.7 Å². The lowest BCUT2D eigenvalue weighted by molar-refractivity contribution is -0.00300. The predicted octanol–water partition coefficient (Wildman–Crippen LogP) is 3.10. The molecule has 2 aromatic heterocycles. The maximum Gasteiger partial charge on any atom is 0.255 e. The summed E-state index contributed by atoms with van der Waals surface area (Å²) in [5.41, 5.74) is 2.14. The number of aryl methyl sites for hydroxylation is 1. The van der Waals surface area contributed by atoms with E-state index >= 15 is 0 Å². The first kappa shape index (κ1) is 16.6. The average Bonchev–Trinajstić information content (AvgIpc) is 3.09. The smallest absolute Gasteiger partial charge is 0.255 e. The van der Waals surface area contributed by atoms with E-state index < -0.39 is 0 Å². The van der Waals surface area contributed by atoms with Crippen LogP contribution in [0, 0.1) is 6.92 Å². The quantitative estimate of drug-likeness (QED) is 0.781. The molecule has 6 heteroatoms. The van der Waals surface area contributed by atoms with Crippen LogP contribution in [0.3, 0.4) is 0 Å². The number of para-hydroxylation sites is 1. The molecule has 3 heterocycles. The van der Waals surface area contributed by atoms with Crippen molar-refractivity contribution in [1.29, 1.82) is 0 Å². The highest BCUT2D eigenvalue weighted by molar-refractivity contribution is 6.06. The number of ether oxygens (including phenoxy) is 2. The lowest BCUT2D eigenvalue weighted by Gasteiger charge is -2.32. The number of rotatable bonds is 4. The standard InChI is InChI=1S/C20H20N2O4/c1-13-6-7-14(10-21-13)26-19-8-9-24-12-17(19)22-20(23)16-11-25-18-5-3-2-4-15(16)18/h2-7,10-11,17,19H,8-9,12H2,1H3,(H,22,23)/t17-,19+/m1/s1. The third kappa shape index (κ3) is 3.41. The zero-order chi connectivity index (χ0) is 17.9. The summed E-state index contributed by atoms with van der Waals surface area (Å²) in [5.74, 6) is 0.497. The van der Waals surface area contributed by atoms with E-state index in [9.17, 15) is 4.79 Å². The predicted molar refractivity (Wildman–Crippen MR) is 96.3 cm³/mol. The fourth-order valence-electron chi connectivity index (χ4n) is 3.09. The molecule has 0 aliphatic carbocycles. The molecule has 26 heavy (non-hydrogen) atoms. The number of nitrogens with zero attached hydrogens (tertiary/aromatic N) is 1. The fraction of sp³-hybridized carbons (Fsp3) is 0.300. The first-order valence-electron chi connectivity index (χ1n) is 8.65. The summed E-state index contributed by atoms with van der Waals surface area (Å²) < 4.78 is 17.1. The van der Waals surface area contributed by atoms with Crippen molar-refractivity contribution in [1.82, 2.24) is 10.3 Å². The van der Waals surface area contributed by atoms with Gasteiger partial charge < -0.3 is 19.2 Å². The van der Waals surface area contributed by atoms with Crippen LogP contribution < -0.4 is 10.1 Å². The summed E-state index contributed by atoms with van der Waals surface area (Å²) in [5, 5.41) is 3.82. The second-order valence-corrected chi connectivity index (χ2v) is 6.38. The van der Waals surface area contributed by atoms with Crippen molar-refractivity contribution in [3.8, 4) is 5.75 Å². The molecule has 0 saturated carbocycles. The Morgan fingerprint density at radius 2 is 2.15 bits per heavy atom. The summed E-state index contributed by atoms with van der Waals surface area (Å²) in [6, 6.07) is 11.0. The normalized spacial score (nSPS) is 20.0. The molecule has 2 atom stereocenters. The fourth-order valence-corrected chi connectivity index (χ4v) is 3.09. The third-order valence-electron chi connectivity index (χ3n) is 4.51. The number of benzene rings is 1. The third-order valence-corrected chi connectivity index (χ3v) is 4.51. The Morgan fingerprint density at radius 3 is 3.00 bits per heavy atom. The highest BCUT2D eigenvalue weighted by Gasteiger charge is 2.30.